The third-order valence-corrected chi connectivity index (χ3v) is 4.37. The van der Waals surface area contributed by atoms with Gasteiger partial charge in [0, 0.05) is 23.1 Å². The van der Waals surface area contributed by atoms with Crippen molar-refractivity contribution in [3.63, 3.8) is 0 Å². The molecule has 0 aliphatic carbocycles. The van der Waals surface area contributed by atoms with Crippen molar-refractivity contribution in [2.75, 3.05) is 0 Å². The number of nitrogens with one attached hydrogen (secondary N) is 1. The standard InChI is InChI=1S/C15H21BrN4/c1-4-20-13(8-11(3)19-20)9-15(18-17)12-5-6-14(16)10(2)7-12/h5-8,15,18H,4,9,17H2,1-3H3. The van der Waals surface area contributed by atoms with E-state index in [9.17, 15) is 0 Å². The maximum absolute atomic E-state index is 5.75. The van der Waals surface area contributed by atoms with E-state index in [0.717, 1.165) is 23.1 Å². The molecule has 1 aromatic heterocycles. The predicted octanol–water partition coefficient (Wildman–Crippen LogP) is 3.03. The Kier molecular flexibility index (Phi) is 4.96. The number of nitrogens with zero attached hydrogens (tertiary/aromatic N) is 2. The molecule has 0 saturated carbocycles. The summed E-state index contributed by atoms with van der Waals surface area (Å²) in [6.07, 6.45) is 0.826. The van der Waals surface area contributed by atoms with Gasteiger partial charge < -0.3 is 0 Å². The number of hydrogen-bond acceptors (Lipinski definition) is 3. The number of hydrazine groups is 1. The Balaban J connectivity index is 2.26. The smallest absolute Gasteiger partial charge is 0.0596 e. The SMILES string of the molecule is CCn1nc(C)cc1CC(NN)c1ccc(Br)c(C)c1. The van der Waals surface area contributed by atoms with Gasteiger partial charge in [-0.05, 0) is 44.0 Å². The molecule has 1 aromatic carbocycles. The lowest BCUT2D eigenvalue weighted by Crippen LogP contribution is -2.30. The molecular weight excluding hydrogens is 316 g/mol. The van der Waals surface area contributed by atoms with Gasteiger partial charge in [-0.2, -0.15) is 5.10 Å². The van der Waals surface area contributed by atoms with E-state index in [-0.39, 0.29) is 6.04 Å². The van der Waals surface area contributed by atoms with Crippen molar-refractivity contribution in [3.05, 3.63) is 51.3 Å². The topological polar surface area (TPSA) is 55.9 Å². The molecule has 0 radical (unpaired) electrons. The molecule has 108 valence electrons. The molecule has 2 rings (SSSR count). The van der Waals surface area contributed by atoms with Crippen LogP contribution in [0.2, 0.25) is 0 Å². The molecule has 0 amide bonds. The van der Waals surface area contributed by atoms with Crippen LogP contribution in [0.1, 0.15) is 35.5 Å². The van der Waals surface area contributed by atoms with E-state index in [0.29, 0.717) is 0 Å². The molecular formula is C15H21BrN4. The number of hydrogen-bond donors (Lipinski definition) is 2. The minimum Gasteiger partial charge on any atom is -0.271 e. The van der Waals surface area contributed by atoms with E-state index >= 15 is 0 Å². The second-order valence-electron chi connectivity index (χ2n) is 5.02. The summed E-state index contributed by atoms with van der Waals surface area (Å²) >= 11 is 3.53. The van der Waals surface area contributed by atoms with E-state index in [4.69, 9.17) is 5.84 Å². The molecule has 0 saturated heterocycles. The normalized spacial score (nSPS) is 12.7. The third kappa shape index (κ3) is 3.29. The van der Waals surface area contributed by atoms with E-state index in [1.807, 2.05) is 11.6 Å². The lowest BCUT2D eigenvalue weighted by molar-refractivity contribution is 0.516. The van der Waals surface area contributed by atoms with Crippen LogP contribution in [0.15, 0.2) is 28.7 Å². The molecule has 0 fully saturated rings. The van der Waals surface area contributed by atoms with E-state index in [2.05, 4.69) is 64.6 Å². The number of halogens is 1. The molecule has 0 aliphatic rings. The highest BCUT2D eigenvalue weighted by Gasteiger charge is 2.14. The molecule has 0 bridgehead atoms. The van der Waals surface area contributed by atoms with Gasteiger partial charge in [-0.1, -0.05) is 28.1 Å². The average molecular weight is 337 g/mol. The summed E-state index contributed by atoms with van der Waals surface area (Å²) in [5.74, 6) is 5.75. The number of nitrogens with two attached hydrogens (primary N) is 1. The molecule has 5 heteroatoms. The maximum atomic E-state index is 5.75. The number of rotatable bonds is 5. The summed E-state index contributed by atoms with van der Waals surface area (Å²) in [6, 6.07) is 8.54. The first-order valence-corrected chi connectivity index (χ1v) is 7.60. The second kappa shape index (κ2) is 6.52. The third-order valence-electron chi connectivity index (χ3n) is 3.48. The van der Waals surface area contributed by atoms with Crippen LogP contribution in [0.4, 0.5) is 0 Å². The highest BCUT2D eigenvalue weighted by molar-refractivity contribution is 9.10. The van der Waals surface area contributed by atoms with Gasteiger partial charge in [-0.3, -0.25) is 16.0 Å². The molecule has 0 spiro atoms. The fourth-order valence-electron chi connectivity index (χ4n) is 2.40. The summed E-state index contributed by atoms with van der Waals surface area (Å²) < 4.78 is 3.15. The van der Waals surface area contributed by atoms with Crippen molar-refractivity contribution >= 4 is 15.9 Å². The van der Waals surface area contributed by atoms with Crippen molar-refractivity contribution in [1.82, 2.24) is 15.2 Å². The maximum Gasteiger partial charge on any atom is 0.0596 e. The van der Waals surface area contributed by atoms with Crippen LogP contribution in [0, 0.1) is 13.8 Å². The minimum atomic E-state index is 0.0863. The first kappa shape index (κ1) is 15.2. The first-order chi connectivity index (χ1) is 9.55. The fraction of sp³-hybridized carbons (Fsp3) is 0.400. The van der Waals surface area contributed by atoms with Gasteiger partial charge in [0.05, 0.1) is 11.7 Å². The van der Waals surface area contributed by atoms with Gasteiger partial charge in [-0.25, -0.2) is 0 Å². The Morgan fingerprint density at radius 2 is 2.10 bits per heavy atom. The van der Waals surface area contributed by atoms with Crippen molar-refractivity contribution in [3.8, 4) is 0 Å². The van der Waals surface area contributed by atoms with Crippen LogP contribution >= 0.6 is 15.9 Å². The first-order valence-electron chi connectivity index (χ1n) is 6.80. The highest BCUT2D eigenvalue weighted by atomic mass is 79.9. The number of aromatic nitrogens is 2. The van der Waals surface area contributed by atoms with Gasteiger partial charge in [0.1, 0.15) is 0 Å². The van der Waals surface area contributed by atoms with Crippen LogP contribution < -0.4 is 11.3 Å². The van der Waals surface area contributed by atoms with Crippen LogP contribution in [-0.2, 0) is 13.0 Å². The van der Waals surface area contributed by atoms with Crippen LogP contribution in [0.5, 0.6) is 0 Å². The second-order valence-corrected chi connectivity index (χ2v) is 5.88. The largest absolute Gasteiger partial charge is 0.271 e. The molecule has 2 aromatic rings. The molecule has 1 atom stereocenters. The molecule has 4 nitrogen and oxygen atoms in total. The summed E-state index contributed by atoms with van der Waals surface area (Å²) in [5.41, 5.74) is 7.57. The average Bonchev–Trinajstić information content (AvgIpc) is 2.79. The predicted molar refractivity (Wildman–Crippen MR) is 85.3 cm³/mol. The van der Waals surface area contributed by atoms with Crippen molar-refractivity contribution in [2.45, 2.75) is 39.8 Å². The van der Waals surface area contributed by atoms with Crippen LogP contribution in [0.3, 0.4) is 0 Å². The Labute approximate surface area is 128 Å². The highest BCUT2D eigenvalue weighted by Crippen LogP contribution is 2.23. The lowest BCUT2D eigenvalue weighted by atomic mass is 10.0. The molecule has 1 unspecified atom stereocenters. The number of benzene rings is 1. The van der Waals surface area contributed by atoms with E-state index in [1.54, 1.807) is 0 Å². The zero-order valence-corrected chi connectivity index (χ0v) is 13.7. The molecule has 0 aliphatic heterocycles. The zero-order chi connectivity index (χ0) is 14.7. The van der Waals surface area contributed by atoms with Crippen molar-refractivity contribution in [2.24, 2.45) is 5.84 Å². The van der Waals surface area contributed by atoms with Crippen molar-refractivity contribution in [1.29, 1.82) is 0 Å². The Morgan fingerprint density at radius 1 is 1.35 bits per heavy atom. The quantitative estimate of drug-likeness (QED) is 0.651. The molecule has 3 N–H and O–H groups in total. The summed E-state index contributed by atoms with van der Waals surface area (Å²) in [4.78, 5) is 0. The van der Waals surface area contributed by atoms with Gasteiger partial charge in [0.2, 0.25) is 0 Å². The van der Waals surface area contributed by atoms with Gasteiger partial charge in [-0.15, -0.1) is 0 Å². The zero-order valence-electron chi connectivity index (χ0n) is 12.2. The van der Waals surface area contributed by atoms with Crippen LogP contribution in [-0.4, -0.2) is 9.78 Å². The lowest BCUT2D eigenvalue weighted by Gasteiger charge is -2.18. The molecule has 20 heavy (non-hydrogen) atoms. The van der Waals surface area contributed by atoms with Crippen molar-refractivity contribution < 1.29 is 0 Å². The van der Waals surface area contributed by atoms with Crippen LogP contribution in [0.25, 0.3) is 0 Å². The fourth-order valence-corrected chi connectivity index (χ4v) is 2.65. The Hall–Kier alpha value is -1.17. The van der Waals surface area contributed by atoms with Gasteiger partial charge in [0.25, 0.3) is 0 Å². The van der Waals surface area contributed by atoms with E-state index in [1.165, 1.54) is 16.8 Å². The van der Waals surface area contributed by atoms with E-state index < -0.39 is 0 Å². The van der Waals surface area contributed by atoms with Gasteiger partial charge >= 0.3 is 0 Å². The molecule has 1 heterocycles. The van der Waals surface area contributed by atoms with Gasteiger partial charge in [0.15, 0.2) is 0 Å². The summed E-state index contributed by atoms with van der Waals surface area (Å²) in [6.45, 7) is 7.08. The minimum absolute atomic E-state index is 0.0863. The Bertz CT molecular complexity index is 592. The number of aryl methyl sites for hydroxylation is 3. The Morgan fingerprint density at radius 3 is 2.70 bits per heavy atom. The monoisotopic (exact) mass is 336 g/mol. The summed E-state index contributed by atoms with van der Waals surface area (Å²) in [5, 5.41) is 4.48. The summed E-state index contributed by atoms with van der Waals surface area (Å²) in [7, 11) is 0.